The van der Waals surface area contributed by atoms with Crippen LogP contribution in [0, 0.1) is 19.7 Å². The number of anilines is 2. The fourth-order valence-electron chi connectivity index (χ4n) is 4.48. The van der Waals surface area contributed by atoms with Gasteiger partial charge < -0.3 is 4.74 Å². The first-order chi connectivity index (χ1) is 18.3. The molecule has 4 aromatic carbocycles. The lowest BCUT2D eigenvalue weighted by Crippen LogP contribution is -2.36. The van der Waals surface area contributed by atoms with Gasteiger partial charge in [-0.15, -0.1) is 0 Å². The van der Waals surface area contributed by atoms with Crippen molar-refractivity contribution in [2.24, 2.45) is 5.10 Å². The first kappa shape index (κ1) is 25.8. The highest BCUT2D eigenvalue weighted by Crippen LogP contribution is 2.45. The summed E-state index contributed by atoms with van der Waals surface area (Å²) in [5, 5.41) is 7.68. The molecule has 1 unspecified atom stereocenters. The second-order valence-electron chi connectivity index (χ2n) is 9.05. The van der Waals surface area contributed by atoms with Crippen molar-refractivity contribution in [1.29, 1.82) is 0 Å². The lowest BCUT2D eigenvalue weighted by atomic mass is 10.1. The maximum absolute atomic E-state index is 14.0. The quantitative estimate of drug-likeness (QED) is 0.238. The Morgan fingerprint density at radius 3 is 2.05 bits per heavy atom. The molecule has 38 heavy (non-hydrogen) atoms. The molecule has 0 N–H and O–H groups in total. The first-order valence-corrected chi connectivity index (χ1v) is 12.7. The van der Waals surface area contributed by atoms with E-state index in [9.17, 15) is 9.18 Å². The predicted molar refractivity (Wildman–Crippen MR) is 151 cm³/mol. The van der Waals surface area contributed by atoms with Crippen molar-refractivity contribution in [3.63, 3.8) is 0 Å². The van der Waals surface area contributed by atoms with Crippen LogP contribution in [0.4, 0.5) is 15.8 Å². The van der Waals surface area contributed by atoms with E-state index in [1.807, 2.05) is 67.3 Å². The normalized spacial score (nSPS) is 15.0. The second kappa shape index (κ2) is 10.5. The predicted octanol–water partition coefficient (Wildman–Crippen LogP) is 7.92. The average molecular weight is 548 g/mol. The first-order valence-electron chi connectivity index (χ1n) is 11.9. The monoisotopic (exact) mass is 547 g/mol. The molecule has 0 saturated heterocycles. The van der Waals surface area contributed by atoms with Crippen molar-refractivity contribution in [3.8, 4) is 0 Å². The molecule has 0 bridgehead atoms. The van der Waals surface area contributed by atoms with E-state index in [1.165, 1.54) is 19.2 Å². The summed E-state index contributed by atoms with van der Waals surface area (Å²) >= 11 is 13.5. The summed E-state index contributed by atoms with van der Waals surface area (Å²) in [5.74, 6) is -0.164. The molecule has 5 rings (SSSR count). The molecular formula is C30H24Cl2FN3O2. The van der Waals surface area contributed by atoms with Gasteiger partial charge in [0.2, 0.25) is 0 Å². The molecule has 192 valence electrons. The van der Waals surface area contributed by atoms with Gasteiger partial charge in [0.15, 0.2) is 12.0 Å². The number of esters is 1. The Labute approximate surface area is 230 Å². The molecule has 0 aliphatic carbocycles. The van der Waals surface area contributed by atoms with Gasteiger partial charge in [-0.3, -0.25) is 4.90 Å². The molecule has 1 aliphatic rings. The Morgan fingerprint density at radius 2 is 1.47 bits per heavy atom. The Kier molecular flexibility index (Phi) is 7.11. The van der Waals surface area contributed by atoms with Crippen molar-refractivity contribution < 1.29 is 13.9 Å². The molecular weight excluding hydrogens is 524 g/mol. The van der Waals surface area contributed by atoms with Gasteiger partial charge in [0, 0.05) is 11.3 Å². The summed E-state index contributed by atoms with van der Waals surface area (Å²) in [5.41, 5.74) is 5.38. The number of aryl methyl sites for hydroxylation is 2. The molecule has 0 aromatic heterocycles. The van der Waals surface area contributed by atoms with Gasteiger partial charge in [-0.25, -0.2) is 14.2 Å². The molecule has 1 aliphatic heterocycles. The number of benzene rings is 4. The van der Waals surface area contributed by atoms with Crippen LogP contribution in [0.25, 0.3) is 0 Å². The highest BCUT2D eigenvalue weighted by atomic mass is 35.5. The molecule has 0 saturated carbocycles. The van der Waals surface area contributed by atoms with E-state index in [-0.39, 0.29) is 5.82 Å². The number of nitrogens with zero attached hydrogens (tertiary/aromatic N) is 3. The third kappa shape index (κ3) is 4.85. The van der Waals surface area contributed by atoms with Crippen LogP contribution >= 0.6 is 23.2 Å². The van der Waals surface area contributed by atoms with Crippen LogP contribution in [0.1, 0.15) is 38.8 Å². The van der Waals surface area contributed by atoms with Crippen LogP contribution in [0.2, 0.25) is 10.0 Å². The molecule has 1 atom stereocenters. The van der Waals surface area contributed by atoms with Crippen molar-refractivity contribution in [2.45, 2.75) is 20.0 Å². The average Bonchev–Trinajstić information content (AvgIpc) is 3.28. The van der Waals surface area contributed by atoms with Crippen LogP contribution < -0.4 is 9.91 Å². The van der Waals surface area contributed by atoms with E-state index in [4.69, 9.17) is 33.0 Å². The van der Waals surface area contributed by atoms with Gasteiger partial charge in [-0.2, -0.15) is 5.10 Å². The summed E-state index contributed by atoms with van der Waals surface area (Å²) in [4.78, 5) is 14.1. The van der Waals surface area contributed by atoms with Gasteiger partial charge in [0.25, 0.3) is 0 Å². The lowest BCUT2D eigenvalue weighted by Gasteiger charge is -2.33. The number of hydrogen-bond donors (Lipinski definition) is 0. The van der Waals surface area contributed by atoms with Crippen LogP contribution in [0.5, 0.6) is 0 Å². The highest BCUT2D eigenvalue weighted by Gasteiger charge is 2.39. The van der Waals surface area contributed by atoms with Crippen molar-refractivity contribution in [3.05, 3.63) is 129 Å². The Morgan fingerprint density at radius 1 is 0.868 bits per heavy atom. The lowest BCUT2D eigenvalue weighted by molar-refractivity contribution is 0.0600. The summed E-state index contributed by atoms with van der Waals surface area (Å²) < 4.78 is 18.8. The smallest absolute Gasteiger partial charge is 0.337 e. The fourth-order valence-corrected chi connectivity index (χ4v) is 5.25. The zero-order valence-corrected chi connectivity index (χ0v) is 22.5. The van der Waals surface area contributed by atoms with Gasteiger partial charge in [-0.1, -0.05) is 65.2 Å². The van der Waals surface area contributed by atoms with E-state index < -0.39 is 12.1 Å². The number of hydrazone groups is 1. The van der Waals surface area contributed by atoms with E-state index in [0.717, 1.165) is 27.9 Å². The Bertz CT molecular complexity index is 1500. The SMILES string of the molecule is COC(=O)c1ccc(C2=NN(c3c(Cl)cc(C)cc3Cl)C(c3ccc(F)cc3)N2c2ccc(C)cc2)cc1. The Hall–Kier alpha value is -3.87. The van der Waals surface area contributed by atoms with E-state index >= 15 is 0 Å². The molecule has 8 heteroatoms. The summed E-state index contributed by atoms with van der Waals surface area (Å²) in [6.45, 7) is 3.93. The number of carbonyl (C=O) groups excluding carboxylic acids is 1. The molecule has 1 heterocycles. The van der Waals surface area contributed by atoms with Crippen LogP contribution in [0.3, 0.4) is 0 Å². The molecule has 0 amide bonds. The number of carbonyl (C=O) groups is 1. The van der Waals surface area contributed by atoms with Crippen molar-refractivity contribution in [2.75, 3.05) is 17.0 Å². The van der Waals surface area contributed by atoms with Gasteiger partial charge in [0.1, 0.15) is 5.82 Å². The minimum Gasteiger partial charge on any atom is -0.465 e. The molecule has 0 fully saturated rings. The number of amidine groups is 1. The molecule has 4 aromatic rings. The number of ether oxygens (including phenoxy) is 1. The second-order valence-corrected chi connectivity index (χ2v) is 9.86. The van der Waals surface area contributed by atoms with Gasteiger partial charge >= 0.3 is 5.97 Å². The Balaban J connectivity index is 1.74. The standard InChI is InChI=1S/C30H24Cl2FN3O2/c1-18-4-14-24(15-5-18)35-28(20-6-8-22(9-7-20)30(37)38-3)34-36(27-25(31)16-19(2)17-26(27)32)29(35)21-10-12-23(33)13-11-21/h4-17,29H,1-3H3. The molecule has 5 nitrogen and oxygen atoms in total. The zero-order valence-electron chi connectivity index (χ0n) is 21.0. The number of halogens is 3. The third-order valence-corrected chi connectivity index (χ3v) is 6.92. The number of rotatable bonds is 5. The fraction of sp³-hybridized carbons (Fsp3) is 0.133. The maximum Gasteiger partial charge on any atom is 0.337 e. The zero-order chi connectivity index (χ0) is 27.0. The molecule has 0 spiro atoms. The minimum absolute atomic E-state index is 0.342. The largest absolute Gasteiger partial charge is 0.465 e. The molecule has 0 radical (unpaired) electrons. The number of hydrogen-bond acceptors (Lipinski definition) is 5. The summed E-state index contributed by atoms with van der Waals surface area (Å²) in [6.07, 6.45) is -0.536. The van der Waals surface area contributed by atoms with Crippen molar-refractivity contribution >= 4 is 46.4 Å². The van der Waals surface area contributed by atoms with Crippen molar-refractivity contribution in [1.82, 2.24) is 0 Å². The minimum atomic E-state index is -0.536. The van der Waals surface area contributed by atoms with Crippen LogP contribution in [-0.4, -0.2) is 18.9 Å². The van der Waals surface area contributed by atoms with Crippen LogP contribution in [-0.2, 0) is 4.74 Å². The summed E-state index contributed by atoms with van der Waals surface area (Å²) in [6, 6.07) is 25.0. The van der Waals surface area contributed by atoms with E-state index in [2.05, 4.69) is 0 Å². The maximum atomic E-state index is 14.0. The topological polar surface area (TPSA) is 45.1 Å². The van der Waals surface area contributed by atoms with E-state index in [1.54, 1.807) is 29.3 Å². The van der Waals surface area contributed by atoms with Gasteiger partial charge in [0.05, 0.1) is 28.4 Å². The van der Waals surface area contributed by atoms with E-state index in [0.29, 0.717) is 27.1 Å². The van der Waals surface area contributed by atoms with Gasteiger partial charge in [-0.05, 0) is 73.5 Å². The third-order valence-electron chi connectivity index (χ3n) is 6.34. The highest BCUT2D eigenvalue weighted by molar-refractivity contribution is 6.39. The summed E-state index contributed by atoms with van der Waals surface area (Å²) in [7, 11) is 1.34. The number of methoxy groups -OCH3 is 1. The van der Waals surface area contributed by atoms with Crippen LogP contribution in [0.15, 0.2) is 90.0 Å².